The molecular weight excluding hydrogens is 234 g/mol. The summed E-state index contributed by atoms with van der Waals surface area (Å²) >= 11 is 4.85. The molecule has 1 saturated heterocycles. The highest BCUT2D eigenvalue weighted by atomic mass is 32.1. The highest BCUT2D eigenvalue weighted by Gasteiger charge is 2.15. The number of carbonyl (C=O) groups excluding carboxylic acids is 1. The third-order valence-corrected chi connectivity index (χ3v) is 3.39. The smallest absolute Gasteiger partial charge is 0.219 e. The molecule has 4 nitrogen and oxygen atoms in total. The summed E-state index contributed by atoms with van der Waals surface area (Å²) in [6.45, 7) is 6.60. The summed E-state index contributed by atoms with van der Waals surface area (Å²) < 4.78 is 0. The lowest BCUT2D eigenvalue weighted by Gasteiger charge is -2.20. The van der Waals surface area contributed by atoms with E-state index in [2.05, 4.69) is 4.90 Å². The summed E-state index contributed by atoms with van der Waals surface area (Å²) in [6.07, 6.45) is 4.14. The van der Waals surface area contributed by atoms with Gasteiger partial charge < -0.3 is 15.5 Å². The lowest BCUT2D eigenvalue weighted by Crippen LogP contribution is -2.34. The van der Waals surface area contributed by atoms with Gasteiger partial charge in [-0.15, -0.1) is 0 Å². The third-order valence-electron chi connectivity index (χ3n) is 3.18. The largest absolute Gasteiger partial charge is 0.393 e. The Morgan fingerprint density at radius 3 is 2.65 bits per heavy atom. The van der Waals surface area contributed by atoms with Crippen molar-refractivity contribution in [3.05, 3.63) is 0 Å². The van der Waals surface area contributed by atoms with Crippen LogP contribution >= 0.6 is 12.2 Å². The zero-order valence-electron chi connectivity index (χ0n) is 10.7. The molecular formula is C12H23N3OS. The highest BCUT2D eigenvalue weighted by molar-refractivity contribution is 7.80. The van der Waals surface area contributed by atoms with Crippen LogP contribution in [-0.2, 0) is 4.79 Å². The van der Waals surface area contributed by atoms with Crippen LogP contribution < -0.4 is 5.73 Å². The van der Waals surface area contributed by atoms with E-state index in [0.29, 0.717) is 4.99 Å². The maximum atomic E-state index is 11.3. The van der Waals surface area contributed by atoms with E-state index >= 15 is 0 Å². The molecule has 1 amide bonds. The second-order valence-corrected chi connectivity index (χ2v) is 5.15. The molecule has 0 spiro atoms. The first kappa shape index (κ1) is 14.4. The molecule has 0 aliphatic carbocycles. The molecule has 0 atom stereocenters. The Morgan fingerprint density at radius 2 is 2.00 bits per heavy atom. The number of carbonyl (C=O) groups is 1. The standard InChI is InChI=1S/C12H23N3OS/c1-11(16)15-8-4-7-14(9-10-15)6-3-2-5-12(13)17/h2-10H2,1H3,(H2,13,17). The molecule has 1 aliphatic rings. The van der Waals surface area contributed by atoms with Gasteiger partial charge in [0.2, 0.25) is 5.91 Å². The van der Waals surface area contributed by atoms with Crippen LogP contribution in [0.4, 0.5) is 0 Å². The molecule has 1 fully saturated rings. The Kier molecular flexibility index (Phi) is 6.44. The zero-order chi connectivity index (χ0) is 12.7. The monoisotopic (exact) mass is 257 g/mol. The predicted octanol–water partition coefficient (Wildman–Crippen LogP) is 0.997. The van der Waals surface area contributed by atoms with Gasteiger partial charge in [0.25, 0.3) is 0 Å². The molecule has 0 aromatic carbocycles. The zero-order valence-corrected chi connectivity index (χ0v) is 11.5. The van der Waals surface area contributed by atoms with Crippen molar-refractivity contribution in [2.45, 2.75) is 32.6 Å². The molecule has 0 bridgehead atoms. The Labute approximate surface area is 109 Å². The SMILES string of the molecule is CC(=O)N1CCCN(CCCCC(N)=S)CC1. The summed E-state index contributed by atoms with van der Waals surface area (Å²) in [5.41, 5.74) is 5.46. The van der Waals surface area contributed by atoms with Gasteiger partial charge in [0.15, 0.2) is 0 Å². The van der Waals surface area contributed by atoms with Crippen LogP contribution in [0.5, 0.6) is 0 Å². The van der Waals surface area contributed by atoms with E-state index in [4.69, 9.17) is 18.0 Å². The number of amides is 1. The Morgan fingerprint density at radius 1 is 1.24 bits per heavy atom. The van der Waals surface area contributed by atoms with E-state index in [1.807, 2.05) is 4.90 Å². The lowest BCUT2D eigenvalue weighted by atomic mass is 10.2. The number of hydrogen-bond acceptors (Lipinski definition) is 3. The van der Waals surface area contributed by atoms with Crippen LogP contribution in [0.25, 0.3) is 0 Å². The Hall–Kier alpha value is -0.680. The number of unbranched alkanes of at least 4 members (excludes halogenated alkanes) is 1. The van der Waals surface area contributed by atoms with Crippen molar-refractivity contribution < 1.29 is 4.79 Å². The molecule has 1 rings (SSSR count). The molecule has 0 aromatic rings. The number of nitrogens with two attached hydrogens (primary N) is 1. The Bertz CT molecular complexity index is 270. The minimum atomic E-state index is 0.195. The van der Waals surface area contributed by atoms with Gasteiger partial charge in [0.1, 0.15) is 0 Å². The summed E-state index contributed by atoms with van der Waals surface area (Å²) in [6, 6.07) is 0. The minimum Gasteiger partial charge on any atom is -0.393 e. The molecule has 0 radical (unpaired) electrons. The van der Waals surface area contributed by atoms with Gasteiger partial charge in [-0.2, -0.15) is 0 Å². The van der Waals surface area contributed by atoms with Gasteiger partial charge in [0, 0.05) is 26.6 Å². The summed E-state index contributed by atoms with van der Waals surface area (Å²) in [4.78, 5) is 16.3. The minimum absolute atomic E-state index is 0.195. The average Bonchev–Trinajstić information content (AvgIpc) is 2.49. The van der Waals surface area contributed by atoms with Crippen molar-refractivity contribution in [1.29, 1.82) is 0 Å². The highest BCUT2D eigenvalue weighted by Crippen LogP contribution is 2.05. The van der Waals surface area contributed by atoms with E-state index in [-0.39, 0.29) is 5.91 Å². The van der Waals surface area contributed by atoms with E-state index < -0.39 is 0 Å². The molecule has 98 valence electrons. The first-order chi connectivity index (χ1) is 8.09. The van der Waals surface area contributed by atoms with Crippen molar-refractivity contribution >= 4 is 23.1 Å². The van der Waals surface area contributed by atoms with Crippen LogP contribution in [0, 0.1) is 0 Å². The van der Waals surface area contributed by atoms with Crippen molar-refractivity contribution in [3.63, 3.8) is 0 Å². The first-order valence-corrected chi connectivity index (χ1v) is 6.76. The van der Waals surface area contributed by atoms with Crippen molar-refractivity contribution in [2.75, 3.05) is 32.7 Å². The fourth-order valence-electron chi connectivity index (χ4n) is 2.14. The third kappa shape index (κ3) is 5.98. The molecule has 1 aliphatic heterocycles. The molecule has 0 aromatic heterocycles. The predicted molar refractivity (Wildman–Crippen MR) is 73.9 cm³/mol. The van der Waals surface area contributed by atoms with Crippen LogP contribution in [-0.4, -0.2) is 53.4 Å². The van der Waals surface area contributed by atoms with Crippen molar-refractivity contribution in [1.82, 2.24) is 9.80 Å². The fourth-order valence-corrected chi connectivity index (χ4v) is 2.29. The van der Waals surface area contributed by atoms with Gasteiger partial charge in [-0.1, -0.05) is 12.2 Å². The second-order valence-electron chi connectivity index (χ2n) is 4.62. The van der Waals surface area contributed by atoms with E-state index in [9.17, 15) is 4.79 Å². The maximum Gasteiger partial charge on any atom is 0.219 e. The van der Waals surface area contributed by atoms with Crippen molar-refractivity contribution in [2.24, 2.45) is 5.73 Å². The molecule has 0 saturated carbocycles. The van der Waals surface area contributed by atoms with Crippen LogP contribution in [0.1, 0.15) is 32.6 Å². The molecule has 17 heavy (non-hydrogen) atoms. The number of nitrogens with zero attached hydrogens (tertiary/aromatic N) is 2. The van der Waals surface area contributed by atoms with Gasteiger partial charge in [-0.05, 0) is 38.8 Å². The van der Waals surface area contributed by atoms with Crippen LogP contribution in [0.2, 0.25) is 0 Å². The molecule has 5 heteroatoms. The topological polar surface area (TPSA) is 49.6 Å². The fraction of sp³-hybridized carbons (Fsp3) is 0.833. The maximum absolute atomic E-state index is 11.3. The van der Waals surface area contributed by atoms with Gasteiger partial charge >= 0.3 is 0 Å². The van der Waals surface area contributed by atoms with Gasteiger partial charge in [0.05, 0.1) is 4.99 Å². The van der Waals surface area contributed by atoms with Gasteiger partial charge in [-0.25, -0.2) is 0 Å². The van der Waals surface area contributed by atoms with E-state index in [1.165, 1.54) is 0 Å². The first-order valence-electron chi connectivity index (χ1n) is 6.36. The van der Waals surface area contributed by atoms with Gasteiger partial charge in [-0.3, -0.25) is 4.79 Å². The van der Waals surface area contributed by atoms with E-state index in [0.717, 1.165) is 58.4 Å². The van der Waals surface area contributed by atoms with E-state index in [1.54, 1.807) is 6.92 Å². The quantitative estimate of drug-likeness (QED) is 0.589. The Balaban J connectivity index is 2.18. The molecule has 0 unspecified atom stereocenters. The number of thiocarbonyl (C=S) groups is 1. The number of hydrogen-bond donors (Lipinski definition) is 1. The summed E-state index contributed by atoms with van der Waals surface area (Å²) in [5.74, 6) is 0.195. The van der Waals surface area contributed by atoms with Crippen molar-refractivity contribution in [3.8, 4) is 0 Å². The summed E-state index contributed by atoms with van der Waals surface area (Å²) in [7, 11) is 0. The van der Waals surface area contributed by atoms with Crippen LogP contribution in [0.15, 0.2) is 0 Å². The lowest BCUT2D eigenvalue weighted by molar-refractivity contribution is -0.128. The number of rotatable bonds is 5. The second kappa shape index (κ2) is 7.61. The average molecular weight is 257 g/mol. The molecule has 2 N–H and O–H groups in total. The molecule has 1 heterocycles. The van der Waals surface area contributed by atoms with Crippen LogP contribution in [0.3, 0.4) is 0 Å². The normalized spacial score (nSPS) is 17.8. The summed E-state index contributed by atoms with van der Waals surface area (Å²) in [5, 5.41) is 0.